The lowest BCUT2D eigenvalue weighted by Gasteiger charge is -2.25. The van der Waals surface area contributed by atoms with Crippen LogP contribution in [-0.4, -0.2) is 36.5 Å². The number of aromatic nitrogens is 5. The minimum absolute atomic E-state index is 0. The SMILES string of the molecule is Cc1nn(C)c(C)c1CN=C(NCc1nnc(C)n1C)NC1CCCCC1.I. The summed E-state index contributed by atoms with van der Waals surface area (Å²) >= 11 is 0. The van der Waals surface area contributed by atoms with Crippen LogP contribution in [0.3, 0.4) is 0 Å². The highest BCUT2D eigenvalue weighted by atomic mass is 127. The van der Waals surface area contributed by atoms with Gasteiger partial charge in [-0.05, 0) is 33.6 Å². The molecule has 0 bridgehead atoms. The van der Waals surface area contributed by atoms with E-state index in [2.05, 4.69) is 32.9 Å². The Morgan fingerprint density at radius 1 is 1.11 bits per heavy atom. The van der Waals surface area contributed by atoms with E-state index in [9.17, 15) is 0 Å². The summed E-state index contributed by atoms with van der Waals surface area (Å²) in [4.78, 5) is 4.86. The standard InChI is InChI=1S/C19H32N8.HI/c1-13-17(14(2)27(5)25-13)11-20-19(22-16-9-7-6-8-10-16)21-12-18-24-23-15(3)26(18)4;/h16H,6-12H2,1-5H3,(H2,20,21,22);1H. The molecule has 0 saturated heterocycles. The third-order valence-electron chi connectivity index (χ3n) is 5.60. The van der Waals surface area contributed by atoms with E-state index in [4.69, 9.17) is 4.99 Å². The monoisotopic (exact) mass is 500 g/mol. The van der Waals surface area contributed by atoms with Gasteiger partial charge < -0.3 is 15.2 Å². The van der Waals surface area contributed by atoms with Gasteiger partial charge in [0, 0.05) is 31.4 Å². The van der Waals surface area contributed by atoms with Crippen LogP contribution in [0.4, 0.5) is 0 Å². The average molecular weight is 500 g/mol. The highest BCUT2D eigenvalue weighted by Crippen LogP contribution is 2.17. The van der Waals surface area contributed by atoms with E-state index in [0.29, 0.717) is 19.1 Å². The Morgan fingerprint density at radius 3 is 2.39 bits per heavy atom. The highest BCUT2D eigenvalue weighted by molar-refractivity contribution is 14.0. The molecular formula is C19H33IN8. The summed E-state index contributed by atoms with van der Waals surface area (Å²) in [6.07, 6.45) is 6.32. The third-order valence-corrected chi connectivity index (χ3v) is 5.60. The Labute approximate surface area is 184 Å². The first-order valence-electron chi connectivity index (χ1n) is 9.84. The Kier molecular flexibility index (Phi) is 8.26. The molecule has 9 heteroatoms. The van der Waals surface area contributed by atoms with Crippen LogP contribution in [0.15, 0.2) is 4.99 Å². The molecular weight excluding hydrogens is 467 g/mol. The molecule has 2 heterocycles. The molecule has 0 spiro atoms. The Balaban J connectivity index is 0.00000280. The van der Waals surface area contributed by atoms with Crippen LogP contribution in [0.2, 0.25) is 0 Å². The number of nitrogens with one attached hydrogen (secondary N) is 2. The lowest BCUT2D eigenvalue weighted by atomic mass is 9.96. The van der Waals surface area contributed by atoms with Crippen molar-refractivity contribution in [3.8, 4) is 0 Å². The molecule has 2 aromatic rings. The number of nitrogens with zero attached hydrogens (tertiary/aromatic N) is 6. The van der Waals surface area contributed by atoms with Gasteiger partial charge in [-0.2, -0.15) is 5.10 Å². The summed E-state index contributed by atoms with van der Waals surface area (Å²) in [6, 6.07) is 0.488. The van der Waals surface area contributed by atoms with Crippen LogP contribution >= 0.6 is 24.0 Å². The number of halogens is 1. The zero-order valence-corrected chi connectivity index (χ0v) is 19.9. The largest absolute Gasteiger partial charge is 0.354 e. The molecule has 156 valence electrons. The van der Waals surface area contributed by atoms with Crippen molar-refractivity contribution in [2.45, 2.75) is 72.0 Å². The van der Waals surface area contributed by atoms with E-state index in [1.54, 1.807) is 0 Å². The van der Waals surface area contributed by atoms with Gasteiger partial charge in [-0.25, -0.2) is 4.99 Å². The molecule has 1 saturated carbocycles. The van der Waals surface area contributed by atoms with Gasteiger partial charge in [-0.3, -0.25) is 4.68 Å². The van der Waals surface area contributed by atoms with E-state index in [-0.39, 0.29) is 24.0 Å². The summed E-state index contributed by atoms with van der Waals surface area (Å²) in [7, 11) is 3.96. The molecule has 1 aliphatic rings. The molecule has 3 rings (SSSR count). The number of hydrogen-bond donors (Lipinski definition) is 2. The first kappa shape index (κ1) is 22.6. The van der Waals surface area contributed by atoms with Gasteiger partial charge in [-0.15, -0.1) is 34.2 Å². The number of guanidine groups is 1. The van der Waals surface area contributed by atoms with Gasteiger partial charge in [0.1, 0.15) is 5.82 Å². The maximum absolute atomic E-state index is 4.86. The maximum atomic E-state index is 4.86. The summed E-state index contributed by atoms with van der Waals surface area (Å²) in [5.74, 6) is 2.65. The highest BCUT2D eigenvalue weighted by Gasteiger charge is 2.16. The van der Waals surface area contributed by atoms with Gasteiger partial charge in [0.2, 0.25) is 0 Å². The zero-order chi connectivity index (χ0) is 19.4. The second-order valence-electron chi connectivity index (χ2n) is 7.49. The fourth-order valence-corrected chi connectivity index (χ4v) is 3.56. The minimum Gasteiger partial charge on any atom is -0.354 e. The summed E-state index contributed by atoms with van der Waals surface area (Å²) in [5.41, 5.74) is 3.40. The third kappa shape index (κ3) is 5.45. The quantitative estimate of drug-likeness (QED) is 0.375. The first-order valence-corrected chi connectivity index (χ1v) is 9.84. The summed E-state index contributed by atoms with van der Waals surface area (Å²) in [6.45, 7) is 7.31. The van der Waals surface area contributed by atoms with E-state index in [0.717, 1.165) is 29.0 Å². The molecule has 8 nitrogen and oxygen atoms in total. The fraction of sp³-hybridized carbons (Fsp3) is 0.684. The predicted octanol–water partition coefficient (Wildman–Crippen LogP) is 2.66. The number of aliphatic imine (C=N–C) groups is 1. The predicted molar refractivity (Wildman–Crippen MR) is 122 cm³/mol. The summed E-state index contributed by atoms with van der Waals surface area (Å²) in [5, 5.41) is 19.9. The Hall–Kier alpha value is -1.65. The molecule has 1 aliphatic carbocycles. The molecule has 28 heavy (non-hydrogen) atoms. The number of hydrogen-bond acceptors (Lipinski definition) is 4. The van der Waals surface area contributed by atoms with Gasteiger partial charge >= 0.3 is 0 Å². The van der Waals surface area contributed by atoms with Crippen molar-refractivity contribution in [3.05, 3.63) is 28.6 Å². The normalized spacial score (nSPS) is 15.4. The lowest BCUT2D eigenvalue weighted by Crippen LogP contribution is -2.44. The molecule has 0 aliphatic heterocycles. The fourth-order valence-electron chi connectivity index (χ4n) is 3.56. The van der Waals surface area contributed by atoms with Gasteiger partial charge in [-0.1, -0.05) is 19.3 Å². The van der Waals surface area contributed by atoms with Crippen molar-refractivity contribution in [3.63, 3.8) is 0 Å². The molecule has 1 fully saturated rings. The Bertz CT molecular complexity index is 801. The molecule has 0 unspecified atom stereocenters. The van der Waals surface area contributed by atoms with E-state index in [1.807, 2.05) is 37.2 Å². The van der Waals surface area contributed by atoms with Crippen LogP contribution in [-0.2, 0) is 27.2 Å². The van der Waals surface area contributed by atoms with Crippen molar-refractivity contribution < 1.29 is 0 Å². The molecule has 0 atom stereocenters. The van der Waals surface area contributed by atoms with Crippen LogP contribution in [0, 0.1) is 20.8 Å². The molecule has 0 aromatic carbocycles. The molecule has 0 amide bonds. The summed E-state index contributed by atoms with van der Waals surface area (Å²) < 4.78 is 3.92. The first-order chi connectivity index (χ1) is 13.0. The second kappa shape index (κ2) is 10.2. The Morgan fingerprint density at radius 2 is 1.82 bits per heavy atom. The molecule has 2 aromatic heterocycles. The lowest BCUT2D eigenvalue weighted by molar-refractivity contribution is 0.409. The van der Waals surface area contributed by atoms with E-state index >= 15 is 0 Å². The van der Waals surface area contributed by atoms with Crippen molar-refractivity contribution >= 4 is 29.9 Å². The van der Waals surface area contributed by atoms with E-state index < -0.39 is 0 Å². The van der Waals surface area contributed by atoms with Crippen molar-refractivity contribution in [2.75, 3.05) is 0 Å². The van der Waals surface area contributed by atoms with Crippen molar-refractivity contribution in [2.24, 2.45) is 19.1 Å². The van der Waals surface area contributed by atoms with Gasteiger partial charge in [0.25, 0.3) is 0 Å². The number of rotatable bonds is 5. The minimum atomic E-state index is 0. The van der Waals surface area contributed by atoms with Crippen LogP contribution < -0.4 is 10.6 Å². The topological polar surface area (TPSA) is 85.0 Å². The zero-order valence-electron chi connectivity index (χ0n) is 17.6. The average Bonchev–Trinajstić information content (AvgIpc) is 3.10. The molecule has 0 radical (unpaired) electrons. The van der Waals surface area contributed by atoms with Crippen LogP contribution in [0.1, 0.15) is 60.7 Å². The van der Waals surface area contributed by atoms with Crippen LogP contribution in [0.25, 0.3) is 0 Å². The smallest absolute Gasteiger partial charge is 0.192 e. The maximum Gasteiger partial charge on any atom is 0.192 e. The number of aryl methyl sites for hydroxylation is 3. The van der Waals surface area contributed by atoms with Crippen molar-refractivity contribution in [1.29, 1.82) is 0 Å². The van der Waals surface area contributed by atoms with Crippen LogP contribution in [0.5, 0.6) is 0 Å². The van der Waals surface area contributed by atoms with E-state index in [1.165, 1.54) is 37.7 Å². The van der Waals surface area contributed by atoms with Gasteiger partial charge in [0.05, 0.1) is 18.8 Å². The molecule has 2 N–H and O–H groups in total. The second-order valence-corrected chi connectivity index (χ2v) is 7.49. The van der Waals surface area contributed by atoms with Crippen molar-refractivity contribution in [1.82, 2.24) is 35.2 Å². The van der Waals surface area contributed by atoms with Gasteiger partial charge in [0.15, 0.2) is 11.8 Å².